The standard InChI is InChI=1S/C15H20F3NO/c1-2-19-14(11-6-5-9-20-10-11)12-7-3-4-8-13(12)15(16,17)18/h3-4,7-8,11,14,19H,2,5-6,9-10H2,1H3. The molecule has 1 N–H and O–H groups in total. The van der Waals surface area contributed by atoms with Gasteiger partial charge in [0.05, 0.1) is 12.2 Å². The van der Waals surface area contributed by atoms with Gasteiger partial charge in [0.1, 0.15) is 0 Å². The molecule has 2 unspecified atom stereocenters. The molecule has 0 bridgehead atoms. The number of nitrogens with one attached hydrogen (secondary N) is 1. The number of hydrogen-bond donors (Lipinski definition) is 1. The Kier molecular flexibility index (Phi) is 5.05. The number of halogens is 3. The molecular formula is C15H20F3NO. The van der Waals surface area contributed by atoms with Crippen LogP contribution in [0.25, 0.3) is 0 Å². The highest BCUT2D eigenvalue weighted by Gasteiger charge is 2.37. The van der Waals surface area contributed by atoms with Crippen LogP contribution in [0.2, 0.25) is 0 Å². The average Bonchev–Trinajstić information content (AvgIpc) is 2.45. The Hall–Kier alpha value is -1.07. The highest BCUT2D eigenvalue weighted by atomic mass is 19.4. The molecule has 1 heterocycles. The van der Waals surface area contributed by atoms with Gasteiger partial charge in [-0.05, 0) is 31.0 Å². The van der Waals surface area contributed by atoms with E-state index in [2.05, 4.69) is 5.32 Å². The molecule has 0 aromatic heterocycles. The molecular weight excluding hydrogens is 267 g/mol. The van der Waals surface area contributed by atoms with Crippen LogP contribution >= 0.6 is 0 Å². The van der Waals surface area contributed by atoms with Gasteiger partial charge in [0.25, 0.3) is 0 Å². The largest absolute Gasteiger partial charge is 0.416 e. The third kappa shape index (κ3) is 3.52. The Balaban J connectivity index is 2.33. The lowest BCUT2D eigenvalue weighted by Gasteiger charge is -2.32. The summed E-state index contributed by atoms with van der Waals surface area (Å²) in [5.74, 6) is 0.0900. The molecule has 2 nitrogen and oxygen atoms in total. The van der Waals surface area contributed by atoms with E-state index >= 15 is 0 Å². The topological polar surface area (TPSA) is 21.3 Å². The van der Waals surface area contributed by atoms with Gasteiger partial charge >= 0.3 is 6.18 Å². The zero-order valence-electron chi connectivity index (χ0n) is 11.5. The van der Waals surface area contributed by atoms with Gasteiger partial charge in [0.15, 0.2) is 0 Å². The minimum Gasteiger partial charge on any atom is -0.381 e. The van der Waals surface area contributed by atoms with E-state index in [1.807, 2.05) is 6.92 Å². The van der Waals surface area contributed by atoms with Crippen LogP contribution in [-0.4, -0.2) is 19.8 Å². The predicted molar refractivity (Wildman–Crippen MR) is 71.4 cm³/mol. The van der Waals surface area contributed by atoms with Gasteiger partial charge in [-0.3, -0.25) is 0 Å². The number of alkyl halides is 3. The average molecular weight is 287 g/mol. The first-order valence-corrected chi connectivity index (χ1v) is 7.01. The van der Waals surface area contributed by atoms with Crippen LogP contribution in [-0.2, 0) is 10.9 Å². The minimum absolute atomic E-state index is 0.0900. The van der Waals surface area contributed by atoms with Crippen molar-refractivity contribution >= 4 is 0 Å². The molecule has 0 saturated carbocycles. The molecule has 1 fully saturated rings. The quantitative estimate of drug-likeness (QED) is 0.910. The summed E-state index contributed by atoms with van der Waals surface area (Å²) in [7, 11) is 0. The van der Waals surface area contributed by atoms with Crippen LogP contribution in [0.3, 0.4) is 0 Å². The van der Waals surface area contributed by atoms with E-state index in [1.165, 1.54) is 6.07 Å². The number of hydrogen-bond acceptors (Lipinski definition) is 2. The molecule has 0 radical (unpaired) electrons. The van der Waals surface area contributed by atoms with Gasteiger partial charge in [-0.1, -0.05) is 25.1 Å². The van der Waals surface area contributed by atoms with E-state index in [-0.39, 0.29) is 12.0 Å². The summed E-state index contributed by atoms with van der Waals surface area (Å²) >= 11 is 0. The van der Waals surface area contributed by atoms with Crippen LogP contribution in [0.15, 0.2) is 24.3 Å². The normalized spacial score (nSPS) is 21.7. The molecule has 20 heavy (non-hydrogen) atoms. The molecule has 5 heteroatoms. The number of ether oxygens (including phenoxy) is 1. The Morgan fingerprint density at radius 1 is 1.35 bits per heavy atom. The maximum Gasteiger partial charge on any atom is 0.416 e. The first-order chi connectivity index (χ1) is 9.54. The molecule has 1 aliphatic rings. The Bertz CT molecular complexity index is 427. The monoisotopic (exact) mass is 287 g/mol. The summed E-state index contributed by atoms with van der Waals surface area (Å²) in [6.45, 7) is 3.76. The van der Waals surface area contributed by atoms with Crippen molar-refractivity contribution in [3.8, 4) is 0 Å². The fourth-order valence-electron chi connectivity index (χ4n) is 2.81. The molecule has 2 rings (SSSR count). The lowest BCUT2D eigenvalue weighted by Crippen LogP contribution is -2.34. The van der Waals surface area contributed by atoms with Crippen molar-refractivity contribution in [2.75, 3.05) is 19.8 Å². The molecule has 1 aliphatic heterocycles. The van der Waals surface area contributed by atoms with E-state index < -0.39 is 11.7 Å². The first kappa shape index (κ1) is 15.3. The highest BCUT2D eigenvalue weighted by Crippen LogP contribution is 2.38. The van der Waals surface area contributed by atoms with Crippen molar-refractivity contribution in [2.24, 2.45) is 5.92 Å². The van der Waals surface area contributed by atoms with Crippen molar-refractivity contribution < 1.29 is 17.9 Å². The van der Waals surface area contributed by atoms with Crippen molar-refractivity contribution in [1.29, 1.82) is 0 Å². The summed E-state index contributed by atoms with van der Waals surface area (Å²) < 4.78 is 44.9. The lowest BCUT2D eigenvalue weighted by molar-refractivity contribution is -0.138. The maximum absolute atomic E-state index is 13.2. The van der Waals surface area contributed by atoms with Crippen LogP contribution in [0.4, 0.5) is 13.2 Å². The second-order valence-corrected chi connectivity index (χ2v) is 5.10. The summed E-state index contributed by atoms with van der Waals surface area (Å²) in [5, 5.41) is 3.20. The van der Waals surface area contributed by atoms with Gasteiger partial charge in [0.2, 0.25) is 0 Å². The van der Waals surface area contributed by atoms with Crippen molar-refractivity contribution in [2.45, 2.75) is 32.0 Å². The van der Waals surface area contributed by atoms with Gasteiger partial charge in [-0.15, -0.1) is 0 Å². The second kappa shape index (κ2) is 6.59. The minimum atomic E-state index is -4.32. The smallest absolute Gasteiger partial charge is 0.381 e. The molecule has 1 aromatic rings. The van der Waals surface area contributed by atoms with Crippen molar-refractivity contribution in [3.05, 3.63) is 35.4 Å². The first-order valence-electron chi connectivity index (χ1n) is 7.01. The molecule has 1 saturated heterocycles. The van der Waals surface area contributed by atoms with Crippen molar-refractivity contribution in [1.82, 2.24) is 5.32 Å². The van der Waals surface area contributed by atoms with Gasteiger partial charge in [0, 0.05) is 18.6 Å². The Morgan fingerprint density at radius 2 is 2.10 bits per heavy atom. The van der Waals surface area contributed by atoms with E-state index in [4.69, 9.17) is 4.74 Å². The third-order valence-corrected chi connectivity index (χ3v) is 3.69. The fourth-order valence-corrected chi connectivity index (χ4v) is 2.81. The van der Waals surface area contributed by atoms with Crippen LogP contribution in [0.1, 0.15) is 36.9 Å². The molecule has 0 amide bonds. The molecule has 2 atom stereocenters. The molecule has 112 valence electrons. The van der Waals surface area contributed by atoms with E-state index in [0.717, 1.165) is 18.9 Å². The molecule has 0 aliphatic carbocycles. The van der Waals surface area contributed by atoms with Crippen molar-refractivity contribution in [3.63, 3.8) is 0 Å². The zero-order valence-corrected chi connectivity index (χ0v) is 11.5. The summed E-state index contributed by atoms with van der Waals surface area (Å²) in [6, 6.07) is 5.53. The van der Waals surface area contributed by atoms with E-state index in [9.17, 15) is 13.2 Å². The van der Waals surface area contributed by atoms with Crippen LogP contribution in [0, 0.1) is 5.92 Å². The predicted octanol–water partition coefficient (Wildman–Crippen LogP) is 3.78. The van der Waals surface area contributed by atoms with E-state index in [0.29, 0.717) is 25.3 Å². The molecule has 1 aromatic carbocycles. The van der Waals surface area contributed by atoms with E-state index in [1.54, 1.807) is 12.1 Å². The SMILES string of the molecule is CCNC(c1ccccc1C(F)(F)F)C1CCCOC1. The summed E-state index contributed by atoms with van der Waals surface area (Å²) in [6.07, 6.45) is -2.52. The maximum atomic E-state index is 13.2. The third-order valence-electron chi connectivity index (χ3n) is 3.69. The van der Waals surface area contributed by atoms with Gasteiger partial charge < -0.3 is 10.1 Å². The van der Waals surface area contributed by atoms with Crippen LogP contribution < -0.4 is 5.32 Å². The highest BCUT2D eigenvalue weighted by molar-refractivity contribution is 5.33. The van der Waals surface area contributed by atoms with Gasteiger partial charge in [-0.2, -0.15) is 13.2 Å². The lowest BCUT2D eigenvalue weighted by atomic mass is 9.86. The molecule has 0 spiro atoms. The number of rotatable bonds is 4. The van der Waals surface area contributed by atoms with Crippen LogP contribution in [0.5, 0.6) is 0 Å². The Labute approximate surface area is 117 Å². The number of benzene rings is 1. The Morgan fingerprint density at radius 3 is 2.70 bits per heavy atom. The zero-order chi connectivity index (χ0) is 14.6. The summed E-state index contributed by atoms with van der Waals surface area (Å²) in [4.78, 5) is 0. The fraction of sp³-hybridized carbons (Fsp3) is 0.600. The second-order valence-electron chi connectivity index (χ2n) is 5.10. The summed E-state index contributed by atoms with van der Waals surface area (Å²) in [5.41, 5.74) is -0.214. The van der Waals surface area contributed by atoms with Gasteiger partial charge in [-0.25, -0.2) is 0 Å².